The van der Waals surface area contributed by atoms with Crippen LogP contribution >= 0.6 is 0 Å². The van der Waals surface area contributed by atoms with Crippen molar-refractivity contribution in [3.63, 3.8) is 0 Å². The van der Waals surface area contributed by atoms with Crippen molar-refractivity contribution in [1.82, 2.24) is 9.80 Å². The number of rotatable bonds is 4. The van der Waals surface area contributed by atoms with E-state index in [-0.39, 0.29) is 23.6 Å². The number of nitrogens with zero attached hydrogens (tertiary/aromatic N) is 2. The zero-order chi connectivity index (χ0) is 17.1. The van der Waals surface area contributed by atoms with Crippen molar-refractivity contribution in [3.8, 4) is 0 Å². The van der Waals surface area contributed by atoms with Crippen LogP contribution in [0.5, 0.6) is 0 Å². The molecule has 0 spiro atoms. The summed E-state index contributed by atoms with van der Waals surface area (Å²) in [6, 6.07) is 4.46. The van der Waals surface area contributed by atoms with Gasteiger partial charge in [-0.05, 0) is 43.5 Å². The van der Waals surface area contributed by atoms with Gasteiger partial charge >= 0.3 is 0 Å². The van der Waals surface area contributed by atoms with Crippen LogP contribution in [0.15, 0.2) is 18.2 Å². The average Bonchev–Trinajstić information content (AvgIpc) is 3.12. The molecule has 2 fully saturated rings. The van der Waals surface area contributed by atoms with Crippen LogP contribution in [-0.2, 0) is 9.53 Å². The van der Waals surface area contributed by atoms with Crippen molar-refractivity contribution in [3.05, 3.63) is 35.1 Å². The van der Waals surface area contributed by atoms with Crippen molar-refractivity contribution >= 4 is 11.7 Å². The van der Waals surface area contributed by atoms with E-state index in [0.29, 0.717) is 50.5 Å². The van der Waals surface area contributed by atoms with Gasteiger partial charge in [-0.3, -0.25) is 14.5 Å². The minimum absolute atomic E-state index is 0.0167. The molecule has 0 N–H and O–H groups in total. The van der Waals surface area contributed by atoms with Crippen LogP contribution in [0.1, 0.15) is 28.8 Å². The fourth-order valence-electron chi connectivity index (χ4n) is 3.21. The largest absolute Gasteiger partial charge is 0.368 e. The summed E-state index contributed by atoms with van der Waals surface area (Å²) < 4.78 is 18.7. The molecule has 3 rings (SSSR count). The summed E-state index contributed by atoms with van der Waals surface area (Å²) in [5.74, 6) is -0.238. The standard InChI is InChI=1S/C18H23FN2O3/c1-13-11-14(4-5-15(13)19)16(22)12-20-6-8-21(9-7-20)18(23)17-3-2-10-24-17/h4-5,11,17H,2-3,6-10,12H2,1H3. The number of aryl methyl sites for hydroxylation is 1. The lowest BCUT2D eigenvalue weighted by Gasteiger charge is -2.35. The predicted octanol–water partition coefficient (Wildman–Crippen LogP) is 1.64. The molecule has 1 aromatic carbocycles. The molecule has 1 atom stereocenters. The molecule has 2 heterocycles. The fourth-order valence-corrected chi connectivity index (χ4v) is 3.21. The van der Waals surface area contributed by atoms with E-state index in [1.807, 2.05) is 9.80 Å². The first-order chi connectivity index (χ1) is 11.5. The molecule has 0 bridgehead atoms. The number of benzene rings is 1. The van der Waals surface area contributed by atoms with Crippen LogP contribution < -0.4 is 0 Å². The quantitative estimate of drug-likeness (QED) is 0.786. The summed E-state index contributed by atoms with van der Waals surface area (Å²) >= 11 is 0. The molecular formula is C18H23FN2O3. The number of carbonyl (C=O) groups excluding carboxylic acids is 2. The Morgan fingerprint density at radius 1 is 1.25 bits per heavy atom. The second-order valence-electron chi connectivity index (χ2n) is 6.49. The van der Waals surface area contributed by atoms with E-state index in [1.54, 1.807) is 13.0 Å². The molecule has 2 aliphatic rings. The van der Waals surface area contributed by atoms with Crippen LogP contribution in [0.2, 0.25) is 0 Å². The normalized spacial score (nSPS) is 21.9. The van der Waals surface area contributed by atoms with E-state index in [2.05, 4.69) is 0 Å². The fraction of sp³-hybridized carbons (Fsp3) is 0.556. The number of ketones is 1. The zero-order valence-electron chi connectivity index (χ0n) is 14.0. The molecular weight excluding hydrogens is 311 g/mol. The van der Waals surface area contributed by atoms with Gasteiger partial charge in [0.15, 0.2) is 5.78 Å². The van der Waals surface area contributed by atoms with Crippen LogP contribution in [-0.4, -0.2) is 66.9 Å². The van der Waals surface area contributed by atoms with Gasteiger partial charge in [0.1, 0.15) is 11.9 Å². The summed E-state index contributed by atoms with van der Waals surface area (Å²) in [4.78, 5) is 28.5. The summed E-state index contributed by atoms with van der Waals surface area (Å²) in [5, 5.41) is 0. The minimum Gasteiger partial charge on any atom is -0.368 e. The SMILES string of the molecule is Cc1cc(C(=O)CN2CCN(C(=O)C3CCCO3)CC2)ccc1F. The molecule has 130 valence electrons. The smallest absolute Gasteiger partial charge is 0.251 e. The molecule has 1 unspecified atom stereocenters. The lowest BCUT2D eigenvalue weighted by Crippen LogP contribution is -2.52. The molecule has 0 saturated carbocycles. The van der Waals surface area contributed by atoms with E-state index in [1.165, 1.54) is 12.1 Å². The lowest BCUT2D eigenvalue weighted by molar-refractivity contribution is -0.142. The predicted molar refractivity (Wildman–Crippen MR) is 87.5 cm³/mol. The molecule has 0 radical (unpaired) electrons. The van der Waals surface area contributed by atoms with Crippen LogP contribution in [0.4, 0.5) is 4.39 Å². The Balaban J connectivity index is 1.50. The number of carbonyl (C=O) groups is 2. The van der Waals surface area contributed by atoms with Gasteiger partial charge in [0, 0.05) is 38.3 Å². The third-order valence-corrected chi connectivity index (χ3v) is 4.74. The Hall–Kier alpha value is -1.79. The molecule has 0 aliphatic carbocycles. The van der Waals surface area contributed by atoms with Gasteiger partial charge in [0.2, 0.25) is 0 Å². The Kier molecular flexibility index (Phi) is 5.26. The third kappa shape index (κ3) is 3.82. The lowest BCUT2D eigenvalue weighted by atomic mass is 10.1. The number of hydrogen-bond donors (Lipinski definition) is 0. The Morgan fingerprint density at radius 3 is 2.62 bits per heavy atom. The summed E-state index contributed by atoms with van der Waals surface area (Å²) in [5.41, 5.74) is 1.01. The molecule has 2 aliphatic heterocycles. The maximum absolute atomic E-state index is 13.3. The molecule has 0 aromatic heterocycles. The summed E-state index contributed by atoms with van der Waals surface area (Å²) in [6.45, 7) is 5.20. The van der Waals surface area contributed by atoms with Gasteiger partial charge in [0.05, 0.1) is 6.54 Å². The number of ether oxygens (including phenoxy) is 1. The highest BCUT2D eigenvalue weighted by Gasteiger charge is 2.30. The first kappa shape index (κ1) is 17.0. The summed E-state index contributed by atoms with van der Waals surface area (Å²) in [7, 11) is 0. The Bertz CT molecular complexity index is 621. The van der Waals surface area contributed by atoms with Crippen molar-refractivity contribution < 1.29 is 18.7 Å². The number of hydrogen-bond acceptors (Lipinski definition) is 4. The van der Waals surface area contributed by atoms with E-state index in [0.717, 1.165) is 12.8 Å². The minimum atomic E-state index is -0.298. The molecule has 5 nitrogen and oxygen atoms in total. The zero-order valence-corrected chi connectivity index (χ0v) is 14.0. The maximum atomic E-state index is 13.3. The average molecular weight is 334 g/mol. The van der Waals surface area contributed by atoms with Crippen LogP contribution in [0, 0.1) is 12.7 Å². The van der Waals surface area contributed by atoms with Crippen molar-refractivity contribution in [2.45, 2.75) is 25.9 Å². The van der Waals surface area contributed by atoms with Crippen molar-refractivity contribution in [1.29, 1.82) is 0 Å². The van der Waals surface area contributed by atoms with Gasteiger partial charge in [-0.2, -0.15) is 0 Å². The van der Waals surface area contributed by atoms with Crippen molar-refractivity contribution in [2.75, 3.05) is 39.3 Å². The Labute approximate surface area is 141 Å². The molecule has 1 amide bonds. The van der Waals surface area contributed by atoms with Crippen LogP contribution in [0.3, 0.4) is 0 Å². The highest BCUT2D eigenvalue weighted by atomic mass is 19.1. The topological polar surface area (TPSA) is 49.9 Å². The monoisotopic (exact) mass is 334 g/mol. The van der Waals surface area contributed by atoms with E-state index in [4.69, 9.17) is 4.74 Å². The number of amides is 1. The van der Waals surface area contributed by atoms with Crippen molar-refractivity contribution in [2.24, 2.45) is 0 Å². The van der Waals surface area contributed by atoms with Gasteiger partial charge < -0.3 is 9.64 Å². The highest BCUT2D eigenvalue weighted by molar-refractivity contribution is 5.97. The van der Waals surface area contributed by atoms with Gasteiger partial charge in [-0.15, -0.1) is 0 Å². The van der Waals surface area contributed by atoms with E-state index >= 15 is 0 Å². The number of piperazine rings is 1. The van der Waals surface area contributed by atoms with E-state index < -0.39 is 0 Å². The first-order valence-corrected chi connectivity index (χ1v) is 8.46. The number of Topliss-reactive ketones (excluding diaryl/α,β-unsaturated/α-hetero) is 1. The Morgan fingerprint density at radius 2 is 2.00 bits per heavy atom. The van der Waals surface area contributed by atoms with Gasteiger partial charge in [-0.25, -0.2) is 4.39 Å². The molecule has 1 aromatic rings. The number of halogens is 1. The second-order valence-corrected chi connectivity index (χ2v) is 6.49. The molecule has 24 heavy (non-hydrogen) atoms. The highest BCUT2D eigenvalue weighted by Crippen LogP contribution is 2.16. The first-order valence-electron chi connectivity index (χ1n) is 8.46. The maximum Gasteiger partial charge on any atom is 0.251 e. The van der Waals surface area contributed by atoms with Gasteiger partial charge in [-0.1, -0.05) is 0 Å². The van der Waals surface area contributed by atoms with Gasteiger partial charge in [0.25, 0.3) is 5.91 Å². The third-order valence-electron chi connectivity index (χ3n) is 4.74. The van der Waals surface area contributed by atoms with E-state index in [9.17, 15) is 14.0 Å². The second kappa shape index (κ2) is 7.40. The molecule has 6 heteroatoms. The van der Waals surface area contributed by atoms with Crippen LogP contribution in [0.25, 0.3) is 0 Å². The molecule has 2 saturated heterocycles. The summed E-state index contributed by atoms with van der Waals surface area (Å²) in [6.07, 6.45) is 1.48.